The Morgan fingerprint density at radius 3 is 2.89 bits per heavy atom. The van der Waals surface area contributed by atoms with Crippen molar-refractivity contribution in [3.05, 3.63) is 29.6 Å². The standard InChI is InChI=1S/C10H13N7O/c1-5(10-14-16-17-15-10)13-8-4-6(9(12)18)2-3-7(8)11/h2-5,13H,11H2,1H3,(H2,12,18)(H,14,15,16,17). The second-order valence-electron chi connectivity index (χ2n) is 3.80. The van der Waals surface area contributed by atoms with Crippen molar-refractivity contribution in [3.63, 3.8) is 0 Å². The maximum absolute atomic E-state index is 11.1. The number of anilines is 2. The van der Waals surface area contributed by atoms with Crippen LogP contribution in [-0.2, 0) is 0 Å². The van der Waals surface area contributed by atoms with Crippen LogP contribution in [0.2, 0.25) is 0 Å². The Hall–Kier alpha value is -2.64. The number of carbonyl (C=O) groups excluding carboxylic acids is 1. The van der Waals surface area contributed by atoms with Gasteiger partial charge in [-0.15, -0.1) is 10.2 Å². The smallest absolute Gasteiger partial charge is 0.248 e. The first-order valence-electron chi connectivity index (χ1n) is 5.27. The Labute approximate surface area is 103 Å². The van der Waals surface area contributed by atoms with Gasteiger partial charge >= 0.3 is 0 Å². The quantitative estimate of drug-likeness (QED) is 0.564. The third-order valence-corrected chi connectivity index (χ3v) is 2.46. The van der Waals surface area contributed by atoms with E-state index in [1.54, 1.807) is 18.2 Å². The van der Waals surface area contributed by atoms with Crippen molar-refractivity contribution in [1.29, 1.82) is 0 Å². The molecule has 8 nitrogen and oxygen atoms in total. The lowest BCUT2D eigenvalue weighted by Crippen LogP contribution is -2.14. The van der Waals surface area contributed by atoms with Crippen LogP contribution in [0.5, 0.6) is 0 Å². The summed E-state index contributed by atoms with van der Waals surface area (Å²) in [6.45, 7) is 1.85. The number of H-pyrrole nitrogens is 1. The lowest BCUT2D eigenvalue weighted by atomic mass is 10.1. The number of amides is 1. The van der Waals surface area contributed by atoms with Gasteiger partial charge in [0.2, 0.25) is 5.91 Å². The fraction of sp³-hybridized carbons (Fsp3) is 0.200. The number of primary amides is 1. The molecule has 1 aromatic heterocycles. The minimum absolute atomic E-state index is 0.200. The largest absolute Gasteiger partial charge is 0.397 e. The number of tetrazole rings is 1. The zero-order valence-corrected chi connectivity index (χ0v) is 9.71. The van der Waals surface area contributed by atoms with E-state index in [9.17, 15) is 4.79 Å². The summed E-state index contributed by atoms with van der Waals surface area (Å²) < 4.78 is 0. The first kappa shape index (κ1) is 11.8. The molecule has 18 heavy (non-hydrogen) atoms. The Balaban J connectivity index is 2.23. The van der Waals surface area contributed by atoms with Crippen LogP contribution < -0.4 is 16.8 Å². The lowest BCUT2D eigenvalue weighted by molar-refractivity contribution is 0.100. The van der Waals surface area contributed by atoms with E-state index in [1.165, 1.54) is 0 Å². The molecule has 0 spiro atoms. The van der Waals surface area contributed by atoms with Crippen LogP contribution in [0.1, 0.15) is 29.1 Å². The molecule has 0 saturated heterocycles. The molecule has 1 atom stereocenters. The second-order valence-corrected chi connectivity index (χ2v) is 3.80. The summed E-state index contributed by atoms with van der Waals surface area (Å²) >= 11 is 0. The number of nitrogens with two attached hydrogens (primary N) is 2. The molecule has 1 unspecified atom stereocenters. The number of carbonyl (C=O) groups is 1. The molecule has 0 fully saturated rings. The summed E-state index contributed by atoms with van der Waals surface area (Å²) in [6.07, 6.45) is 0. The summed E-state index contributed by atoms with van der Waals surface area (Å²) in [5, 5.41) is 16.6. The number of nitrogens with zero attached hydrogens (tertiary/aromatic N) is 3. The van der Waals surface area contributed by atoms with Crippen LogP contribution in [0.25, 0.3) is 0 Å². The monoisotopic (exact) mass is 247 g/mol. The summed E-state index contributed by atoms with van der Waals surface area (Å²) in [5.74, 6) is -0.0101. The van der Waals surface area contributed by atoms with Crippen molar-refractivity contribution in [2.75, 3.05) is 11.1 Å². The number of aromatic nitrogens is 4. The first-order valence-corrected chi connectivity index (χ1v) is 5.27. The zero-order valence-electron chi connectivity index (χ0n) is 9.71. The van der Waals surface area contributed by atoms with Gasteiger partial charge in [-0.1, -0.05) is 5.21 Å². The van der Waals surface area contributed by atoms with E-state index in [4.69, 9.17) is 11.5 Å². The predicted octanol–water partition coefficient (Wildman–Crippen LogP) is 0.0539. The molecular formula is C10H13N7O. The number of hydrogen-bond donors (Lipinski definition) is 4. The molecular weight excluding hydrogens is 234 g/mol. The van der Waals surface area contributed by atoms with Gasteiger partial charge in [-0.2, -0.15) is 5.21 Å². The summed E-state index contributed by atoms with van der Waals surface area (Å²) in [7, 11) is 0. The van der Waals surface area contributed by atoms with E-state index >= 15 is 0 Å². The maximum atomic E-state index is 11.1. The molecule has 1 heterocycles. The number of hydrogen-bond acceptors (Lipinski definition) is 6. The van der Waals surface area contributed by atoms with E-state index < -0.39 is 5.91 Å². The van der Waals surface area contributed by atoms with Gasteiger partial charge in [0.15, 0.2) is 5.82 Å². The van der Waals surface area contributed by atoms with Gasteiger partial charge in [0.25, 0.3) is 0 Å². The molecule has 1 aromatic carbocycles. The highest BCUT2D eigenvalue weighted by atomic mass is 16.1. The highest BCUT2D eigenvalue weighted by molar-refractivity contribution is 5.94. The normalized spacial score (nSPS) is 12.1. The topological polar surface area (TPSA) is 136 Å². The number of rotatable bonds is 4. The third kappa shape index (κ3) is 2.37. The van der Waals surface area contributed by atoms with Crippen molar-refractivity contribution in [3.8, 4) is 0 Å². The van der Waals surface area contributed by atoms with Gasteiger partial charge in [0.1, 0.15) is 0 Å². The Morgan fingerprint density at radius 1 is 1.50 bits per heavy atom. The van der Waals surface area contributed by atoms with Crippen molar-refractivity contribution < 1.29 is 4.79 Å². The zero-order chi connectivity index (χ0) is 13.1. The average Bonchev–Trinajstić information content (AvgIpc) is 2.85. The van der Waals surface area contributed by atoms with E-state index in [2.05, 4.69) is 25.9 Å². The van der Waals surface area contributed by atoms with Crippen LogP contribution in [0, 0.1) is 0 Å². The van der Waals surface area contributed by atoms with Gasteiger partial charge in [0, 0.05) is 5.56 Å². The molecule has 2 rings (SSSR count). The number of aromatic amines is 1. The summed E-state index contributed by atoms with van der Waals surface area (Å²) in [4.78, 5) is 11.1. The molecule has 8 heteroatoms. The predicted molar refractivity (Wildman–Crippen MR) is 65.6 cm³/mol. The number of nitrogens with one attached hydrogen (secondary N) is 2. The van der Waals surface area contributed by atoms with Crippen LogP contribution >= 0.6 is 0 Å². The SMILES string of the molecule is CC(Nc1cc(C(N)=O)ccc1N)c1nn[nH]n1. The molecule has 6 N–H and O–H groups in total. The van der Waals surface area contributed by atoms with Crippen molar-refractivity contribution in [2.24, 2.45) is 5.73 Å². The minimum Gasteiger partial charge on any atom is -0.397 e. The Morgan fingerprint density at radius 2 is 2.28 bits per heavy atom. The fourth-order valence-corrected chi connectivity index (χ4v) is 1.49. The molecule has 0 bridgehead atoms. The first-order chi connectivity index (χ1) is 8.58. The molecule has 0 saturated carbocycles. The Kier molecular flexibility index (Phi) is 3.09. The number of nitrogen functional groups attached to an aromatic ring is 1. The molecule has 2 aromatic rings. The van der Waals surface area contributed by atoms with Crippen LogP contribution in [0.15, 0.2) is 18.2 Å². The Bertz CT molecular complexity index is 551. The van der Waals surface area contributed by atoms with Gasteiger partial charge in [-0.05, 0) is 25.1 Å². The van der Waals surface area contributed by atoms with E-state index in [0.29, 0.717) is 22.8 Å². The van der Waals surface area contributed by atoms with Gasteiger partial charge < -0.3 is 16.8 Å². The van der Waals surface area contributed by atoms with Crippen molar-refractivity contribution in [1.82, 2.24) is 20.6 Å². The minimum atomic E-state index is -0.509. The maximum Gasteiger partial charge on any atom is 0.248 e. The highest BCUT2D eigenvalue weighted by Gasteiger charge is 2.12. The van der Waals surface area contributed by atoms with E-state index in [1.807, 2.05) is 6.92 Å². The molecule has 1 amide bonds. The van der Waals surface area contributed by atoms with Gasteiger partial charge in [-0.3, -0.25) is 4.79 Å². The molecule has 0 aliphatic heterocycles. The molecule has 0 aliphatic rings. The fourth-order valence-electron chi connectivity index (χ4n) is 1.49. The number of benzene rings is 1. The van der Waals surface area contributed by atoms with Gasteiger partial charge in [0.05, 0.1) is 17.4 Å². The third-order valence-electron chi connectivity index (χ3n) is 2.46. The van der Waals surface area contributed by atoms with E-state index in [0.717, 1.165) is 0 Å². The molecule has 0 aliphatic carbocycles. The highest BCUT2D eigenvalue weighted by Crippen LogP contribution is 2.23. The second kappa shape index (κ2) is 4.70. The van der Waals surface area contributed by atoms with Gasteiger partial charge in [-0.25, -0.2) is 0 Å². The summed E-state index contributed by atoms with van der Waals surface area (Å²) in [5.41, 5.74) is 12.5. The molecule has 94 valence electrons. The van der Waals surface area contributed by atoms with Crippen LogP contribution in [0.4, 0.5) is 11.4 Å². The van der Waals surface area contributed by atoms with Crippen molar-refractivity contribution in [2.45, 2.75) is 13.0 Å². The van der Waals surface area contributed by atoms with Crippen LogP contribution in [0.3, 0.4) is 0 Å². The molecule has 0 radical (unpaired) electrons. The summed E-state index contributed by atoms with van der Waals surface area (Å²) in [6, 6.07) is 4.58. The van der Waals surface area contributed by atoms with Crippen molar-refractivity contribution >= 4 is 17.3 Å². The lowest BCUT2D eigenvalue weighted by Gasteiger charge is -2.14. The average molecular weight is 247 g/mol. The van der Waals surface area contributed by atoms with E-state index in [-0.39, 0.29) is 6.04 Å². The van der Waals surface area contributed by atoms with Crippen LogP contribution in [-0.4, -0.2) is 26.5 Å².